The molecule has 1 aromatic heterocycles. The van der Waals surface area contributed by atoms with Gasteiger partial charge in [-0.1, -0.05) is 0 Å². The van der Waals surface area contributed by atoms with Crippen molar-refractivity contribution >= 4 is 27.5 Å². The lowest BCUT2D eigenvalue weighted by atomic mass is 9.88. The molecule has 11 nitrogen and oxygen atoms in total. The van der Waals surface area contributed by atoms with E-state index in [0.717, 1.165) is 16.4 Å². The van der Waals surface area contributed by atoms with Crippen LogP contribution >= 0.6 is 0 Å². The molecule has 0 unspecified atom stereocenters. The van der Waals surface area contributed by atoms with Crippen molar-refractivity contribution in [1.29, 1.82) is 5.26 Å². The molecule has 0 aliphatic carbocycles. The van der Waals surface area contributed by atoms with Gasteiger partial charge >= 0.3 is 6.18 Å². The van der Waals surface area contributed by atoms with Gasteiger partial charge in [0.25, 0.3) is 15.9 Å². The molecule has 0 fully saturated rings. The second kappa shape index (κ2) is 10.7. The molecular formula is C25H31F3N5O6S-. The van der Waals surface area contributed by atoms with Crippen molar-refractivity contribution in [3.63, 3.8) is 0 Å². The molecule has 1 amide bonds. The Morgan fingerprint density at radius 1 is 1.27 bits per heavy atom. The number of rotatable bonds is 9. The Morgan fingerprint density at radius 3 is 2.45 bits per heavy atom. The minimum atomic E-state index is -4.99. The number of amides is 1. The van der Waals surface area contributed by atoms with Gasteiger partial charge in [-0.15, -0.1) is 5.10 Å². The number of carbonyl (C=O) groups excluding carboxylic acids is 1. The van der Waals surface area contributed by atoms with Crippen LogP contribution < -0.4 is 23.8 Å². The number of anilines is 2. The number of fused-ring (bicyclic) bond motifs is 1. The van der Waals surface area contributed by atoms with Crippen LogP contribution in [0, 0.1) is 16.7 Å². The van der Waals surface area contributed by atoms with Crippen molar-refractivity contribution in [1.82, 2.24) is 9.78 Å². The first-order chi connectivity index (χ1) is 18.4. The van der Waals surface area contributed by atoms with E-state index in [0.29, 0.717) is 20.4 Å². The summed E-state index contributed by atoms with van der Waals surface area (Å²) in [5.74, 6) is -0.196. The van der Waals surface area contributed by atoms with Gasteiger partial charge in [0.1, 0.15) is 23.5 Å². The number of hydrogen-bond donors (Lipinski definition) is 0. The Labute approximate surface area is 230 Å². The molecule has 40 heavy (non-hydrogen) atoms. The first-order valence-electron chi connectivity index (χ1n) is 12.4. The maximum Gasteiger partial charge on any atom is 0.411 e. The summed E-state index contributed by atoms with van der Waals surface area (Å²) in [7, 11) is -4.48. The van der Waals surface area contributed by atoms with Gasteiger partial charge in [-0.05, 0) is 59.7 Å². The summed E-state index contributed by atoms with van der Waals surface area (Å²) in [5, 5.41) is 25.6. The maximum atomic E-state index is 14.1. The van der Waals surface area contributed by atoms with Crippen LogP contribution in [0.3, 0.4) is 0 Å². The van der Waals surface area contributed by atoms with E-state index in [2.05, 4.69) is 11.2 Å². The van der Waals surface area contributed by atoms with Gasteiger partial charge < -0.3 is 24.3 Å². The summed E-state index contributed by atoms with van der Waals surface area (Å²) in [5.41, 5.74) is -4.48. The van der Waals surface area contributed by atoms with Crippen LogP contribution in [0.2, 0.25) is 0 Å². The first-order valence-corrected chi connectivity index (χ1v) is 13.9. The van der Waals surface area contributed by atoms with Crippen LogP contribution in [0.5, 0.6) is 11.6 Å². The highest BCUT2D eigenvalue weighted by molar-refractivity contribution is 7.93. The third kappa shape index (κ3) is 5.77. The molecule has 1 aliphatic rings. The predicted octanol–water partition coefficient (Wildman–Crippen LogP) is 3.69. The van der Waals surface area contributed by atoms with Crippen molar-refractivity contribution in [2.45, 2.75) is 77.2 Å². The Morgan fingerprint density at radius 2 is 1.93 bits per heavy atom. The normalized spacial score (nSPS) is 16.1. The summed E-state index contributed by atoms with van der Waals surface area (Å²) in [6.07, 6.45) is -6.54. The Balaban J connectivity index is 2.24. The highest BCUT2D eigenvalue weighted by Gasteiger charge is 2.52. The molecule has 2 aromatic rings. The minimum absolute atomic E-state index is 0.0176. The van der Waals surface area contributed by atoms with E-state index >= 15 is 0 Å². The molecular weight excluding hydrogens is 555 g/mol. The molecule has 0 N–H and O–H groups in total. The van der Waals surface area contributed by atoms with Gasteiger partial charge in [0, 0.05) is 24.8 Å². The number of ether oxygens (including phenoxy) is 2. The molecule has 0 radical (unpaired) electrons. The van der Waals surface area contributed by atoms with E-state index < -0.39 is 45.0 Å². The monoisotopic (exact) mass is 586 g/mol. The standard InChI is InChI=1S/C25H32F3N5O6S/c1-7-31-14-20(21(30-31)38-8-2)40(36,37)32-13-17(12-23(3,4)15-29)39-19-10-9-16(11-18(19)32)33(22(34)35)24(5,6)25(26,27)28/h9-11,14,17H,7-8,12-13H2,1-6H3,(H,34,35)/p-1/t17-/m1/s1. The summed E-state index contributed by atoms with van der Waals surface area (Å²) < 4.78 is 83.4. The molecule has 0 saturated heterocycles. The smallest absolute Gasteiger partial charge is 0.411 e. The number of sulfonamides is 1. The summed E-state index contributed by atoms with van der Waals surface area (Å²) in [6.45, 7) is 8.15. The largest absolute Gasteiger partial charge is 0.530 e. The quantitative estimate of drug-likeness (QED) is 0.433. The third-order valence-electron chi connectivity index (χ3n) is 6.48. The molecule has 220 valence electrons. The Bertz CT molecular complexity index is 1410. The van der Waals surface area contributed by atoms with Crippen molar-refractivity contribution in [2.75, 3.05) is 22.4 Å². The number of carbonyl (C=O) groups is 1. The zero-order valence-electron chi connectivity index (χ0n) is 22.9. The van der Waals surface area contributed by atoms with E-state index in [1.165, 1.54) is 16.9 Å². The number of benzene rings is 1. The van der Waals surface area contributed by atoms with E-state index in [4.69, 9.17) is 9.47 Å². The van der Waals surface area contributed by atoms with Gasteiger partial charge in [0.2, 0.25) is 0 Å². The number of nitriles is 1. The van der Waals surface area contributed by atoms with Crippen LogP contribution in [0.25, 0.3) is 0 Å². The van der Waals surface area contributed by atoms with Crippen LogP contribution in [-0.4, -0.2) is 55.3 Å². The summed E-state index contributed by atoms with van der Waals surface area (Å²) in [6, 6.07) is 5.40. The number of alkyl halides is 3. The van der Waals surface area contributed by atoms with Crippen molar-refractivity contribution in [2.24, 2.45) is 5.41 Å². The first kappa shape index (κ1) is 30.9. The van der Waals surface area contributed by atoms with Crippen LogP contribution in [0.15, 0.2) is 29.3 Å². The van der Waals surface area contributed by atoms with Gasteiger partial charge in [-0.25, -0.2) is 8.42 Å². The van der Waals surface area contributed by atoms with Gasteiger partial charge in [0.05, 0.1) is 30.3 Å². The number of carboxylic acid groups (broad SMARTS) is 1. The number of halogens is 3. The van der Waals surface area contributed by atoms with E-state index in [1.54, 1.807) is 27.7 Å². The van der Waals surface area contributed by atoms with E-state index in [9.17, 15) is 36.8 Å². The predicted molar refractivity (Wildman–Crippen MR) is 136 cm³/mol. The highest BCUT2D eigenvalue weighted by Crippen LogP contribution is 2.45. The Kier molecular flexibility index (Phi) is 8.27. The lowest BCUT2D eigenvalue weighted by Crippen LogP contribution is -2.60. The van der Waals surface area contributed by atoms with Crippen LogP contribution in [0.4, 0.5) is 29.3 Å². The molecule has 1 aliphatic heterocycles. The van der Waals surface area contributed by atoms with Gasteiger partial charge in [0.15, 0.2) is 4.90 Å². The molecule has 0 saturated carbocycles. The fraction of sp³-hybridized carbons (Fsp3) is 0.560. The fourth-order valence-corrected chi connectivity index (χ4v) is 5.83. The van der Waals surface area contributed by atoms with Crippen molar-refractivity contribution in [3.8, 4) is 17.7 Å². The highest BCUT2D eigenvalue weighted by atomic mass is 32.2. The number of aryl methyl sites for hydroxylation is 1. The minimum Gasteiger partial charge on any atom is -0.530 e. The second-order valence-corrected chi connectivity index (χ2v) is 12.2. The summed E-state index contributed by atoms with van der Waals surface area (Å²) in [4.78, 5) is 11.7. The SMILES string of the molecule is CCOc1nn(CC)cc1S(=O)(=O)N1C[C@@H](CC(C)(C)C#N)Oc2ccc(N(C(=O)[O-])C(C)(C)C(F)(F)F)cc21. The van der Waals surface area contributed by atoms with Gasteiger partial charge in [-0.2, -0.15) is 18.4 Å². The van der Waals surface area contributed by atoms with Crippen LogP contribution in [0.1, 0.15) is 48.0 Å². The van der Waals surface area contributed by atoms with E-state index in [1.807, 2.05) is 0 Å². The molecule has 2 heterocycles. The maximum absolute atomic E-state index is 14.1. The zero-order chi connectivity index (χ0) is 30.3. The summed E-state index contributed by atoms with van der Waals surface area (Å²) >= 11 is 0. The van der Waals surface area contributed by atoms with E-state index in [-0.39, 0.29) is 46.7 Å². The lowest BCUT2D eigenvalue weighted by molar-refractivity contribution is -0.254. The van der Waals surface area contributed by atoms with Crippen molar-refractivity contribution in [3.05, 3.63) is 24.4 Å². The zero-order valence-corrected chi connectivity index (χ0v) is 23.8. The lowest BCUT2D eigenvalue weighted by Gasteiger charge is -2.42. The molecule has 0 bridgehead atoms. The average Bonchev–Trinajstić information content (AvgIpc) is 3.26. The van der Waals surface area contributed by atoms with Crippen molar-refractivity contribution < 1.29 is 41.0 Å². The second-order valence-electron chi connectivity index (χ2n) is 10.4. The molecule has 3 rings (SSSR count). The molecule has 1 aromatic carbocycles. The fourth-order valence-electron chi connectivity index (χ4n) is 4.25. The average molecular weight is 587 g/mol. The number of aromatic nitrogens is 2. The number of hydrogen-bond acceptors (Lipinski definition) is 8. The molecule has 15 heteroatoms. The molecule has 1 atom stereocenters. The molecule has 0 spiro atoms. The topological polar surface area (TPSA) is 141 Å². The third-order valence-corrected chi connectivity index (χ3v) is 8.24. The Hall–Kier alpha value is -3.67. The van der Waals surface area contributed by atoms with Crippen LogP contribution in [-0.2, 0) is 16.6 Å². The van der Waals surface area contributed by atoms with Gasteiger partial charge in [-0.3, -0.25) is 8.99 Å². The number of nitrogens with zero attached hydrogens (tertiary/aromatic N) is 5.